The largest absolute Gasteiger partial charge is 0.356 e. The molecule has 16 heavy (non-hydrogen) atoms. The average molecular weight is 217 g/mol. The van der Waals surface area contributed by atoms with Gasteiger partial charge < -0.3 is 9.47 Å². The lowest BCUT2D eigenvalue weighted by molar-refractivity contribution is -0.101. The number of ether oxygens (including phenoxy) is 2. The third-order valence-electron chi connectivity index (χ3n) is 2.64. The van der Waals surface area contributed by atoms with Crippen LogP contribution in [-0.2, 0) is 15.9 Å². The van der Waals surface area contributed by atoms with Crippen LogP contribution < -0.4 is 0 Å². The Balaban J connectivity index is 2.36. The lowest BCUT2D eigenvalue weighted by atomic mass is 10.1. The molecule has 0 bridgehead atoms. The number of benzene rings is 1. The first kappa shape index (κ1) is 11.0. The van der Waals surface area contributed by atoms with Crippen LogP contribution in [0.2, 0.25) is 0 Å². The van der Waals surface area contributed by atoms with Gasteiger partial charge in [-0.1, -0.05) is 24.3 Å². The van der Waals surface area contributed by atoms with Crippen molar-refractivity contribution < 1.29 is 9.47 Å². The molecule has 1 aromatic heterocycles. The summed E-state index contributed by atoms with van der Waals surface area (Å²) in [7, 11) is 3.28. The number of fused-ring (bicyclic) bond motifs is 1. The van der Waals surface area contributed by atoms with Crippen LogP contribution >= 0.6 is 0 Å². The first-order valence-electron chi connectivity index (χ1n) is 5.23. The minimum Gasteiger partial charge on any atom is -0.356 e. The summed E-state index contributed by atoms with van der Waals surface area (Å²) < 4.78 is 10.4. The second-order valence-corrected chi connectivity index (χ2v) is 3.58. The minimum absolute atomic E-state index is 0.238. The number of hydrogen-bond donors (Lipinski definition) is 0. The van der Waals surface area contributed by atoms with Crippen molar-refractivity contribution in [3.63, 3.8) is 0 Å². The van der Waals surface area contributed by atoms with Crippen molar-refractivity contribution in [2.24, 2.45) is 0 Å². The number of rotatable bonds is 4. The molecule has 0 aliphatic rings. The van der Waals surface area contributed by atoms with Crippen LogP contribution in [0.4, 0.5) is 0 Å². The van der Waals surface area contributed by atoms with Gasteiger partial charge in [0.05, 0.1) is 5.69 Å². The van der Waals surface area contributed by atoms with Gasteiger partial charge in [-0.2, -0.15) is 0 Å². The van der Waals surface area contributed by atoms with Crippen molar-refractivity contribution in [1.29, 1.82) is 0 Å². The van der Waals surface area contributed by atoms with Crippen LogP contribution in [0, 0.1) is 0 Å². The Morgan fingerprint density at radius 2 is 1.88 bits per heavy atom. The molecule has 3 nitrogen and oxygen atoms in total. The molecule has 0 saturated carbocycles. The normalized spacial score (nSPS) is 11.2. The van der Waals surface area contributed by atoms with Crippen molar-refractivity contribution in [3.05, 3.63) is 42.2 Å². The van der Waals surface area contributed by atoms with E-state index in [9.17, 15) is 0 Å². The Bertz CT molecular complexity index is 461. The predicted molar refractivity (Wildman–Crippen MR) is 63.3 cm³/mol. The fraction of sp³-hybridized carbons (Fsp3) is 0.308. The van der Waals surface area contributed by atoms with Crippen LogP contribution in [0.5, 0.6) is 0 Å². The topological polar surface area (TPSA) is 31.4 Å². The van der Waals surface area contributed by atoms with Crippen LogP contribution in [0.15, 0.2) is 36.5 Å². The smallest absolute Gasteiger partial charge is 0.162 e. The van der Waals surface area contributed by atoms with Crippen molar-refractivity contribution in [3.8, 4) is 0 Å². The van der Waals surface area contributed by atoms with Crippen LogP contribution in [0.1, 0.15) is 5.69 Å². The van der Waals surface area contributed by atoms with Crippen LogP contribution in [0.25, 0.3) is 10.8 Å². The van der Waals surface area contributed by atoms with Crippen molar-refractivity contribution >= 4 is 10.8 Å². The zero-order chi connectivity index (χ0) is 11.4. The van der Waals surface area contributed by atoms with Gasteiger partial charge in [0.2, 0.25) is 0 Å². The molecule has 0 atom stereocenters. The van der Waals surface area contributed by atoms with E-state index >= 15 is 0 Å². The van der Waals surface area contributed by atoms with Gasteiger partial charge in [-0.3, -0.25) is 4.98 Å². The number of nitrogens with zero attached hydrogens (tertiary/aromatic N) is 1. The Morgan fingerprint density at radius 1 is 1.12 bits per heavy atom. The van der Waals surface area contributed by atoms with Gasteiger partial charge in [0.1, 0.15) is 0 Å². The molecule has 3 heteroatoms. The monoisotopic (exact) mass is 217 g/mol. The highest BCUT2D eigenvalue weighted by Gasteiger charge is 2.10. The van der Waals surface area contributed by atoms with Crippen molar-refractivity contribution in [2.75, 3.05) is 14.2 Å². The van der Waals surface area contributed by atoms with E-state index in [-0.39, 0.29) is 6.29 Å². The minimum atomic E-state index is -0.238. The summed E-state index contributed by atoms with van der Waals surface area (Å²) in [6, 6.07) is 10.2. The average Bonchev–Trinajstić information content (AvgIpc) is 2.36. The number of aromatic nitrogens is 1. The Morgan fingerprint density at radius 3 is 2.62 bits per heavy atom. The first-order chi connectivity index (χ1) is 7.85. The molecule has 1 heterocycles. The summed E-state index contributed by atoms with van der Waals surface area (Å²) in [5.74, 6) is 0. The summed E-state index contributed by atoms with van der Waals surface area (Å²) in [5.41, 5.74) is 1.01. The fourth-order valence-corrected chi connectivity index (χ4v) is 1.77. The molecule has 0 N–H and O–H groups in total. The van der Waals surface area contributed by atoms with Crippen LogP contribution in [-0.4, -0.2) is 25.5 Å². The SMILES string of the molecule is COC(Cc1nccc2ccccc12)OC. The molecule has 84 valence electrons. The molecular formula is C13H15NO2. The fourth-order valence-electron chi connectivity index (χ4n) is 1.77. The van der Waals surface area contributed by atoms with Gasteiger partial charge in [0, 0.05) is 32.2 Å². The van der Waals surface area contributed by atoms with Crippen molar-refractivity contribution in [2.45, 2.75) is 12.7 Å². The zero-order valence-electron chi connectivity index (χ0n) is 9.51. The number of methoxy groups -OCH3 is 2. The summed E-state index contributed by atoms with van der Waals surface area (Å²) >= 11 is 0. The van der Waals surface area contributed by atoms with E-state index in [1.807, 2.05) is 24.4 Å². The van der Waals surface area contributed by atoms with Gasteiger partial charge in [-0.25, -0.2) is 0 Å². The Kier molecular flexibility index (Phi) is 3.49. The number of hydrogen-bond acceptors (Lipinski definition) is 3. The summed E-state index contributed by atoms with van der Waals surface area (Å²) in [4.78, 5) is 4.38. The van der Waals surface area contributed by atoms with E-state index in [4.69, 9.17) is 9.47 Å². The first-order valence-corrected chi connectivity index (χ1v) is 5.23. The maximum absolute atomic E-state index is 5.19. The lowest BCUT2D eigenvalue weighted by Gasteiger charge is -2.13. The molecule has 0 saturated heterocycles. The molecule has 0 unspecified atom stereocenters. The number of pyridine rings is 1. The third kappa shape index (κ3) is 2.21. The van der Waals surface area contributed by atoms with E-state index in [1.165, 1.54) is 5.39 Å². The van der Waals surface area contributed by atoms with E-state index in [0.717, 1.165) is 11.1 Å². The zero-order valence-corrected chi connectivity index (χ0v) is 9.51. The van der Waals surface area contributed by atoms with Gasteiger partial charge >= 0.3 is 0 Å². The Hall–Kier alpha value is -1.45. The van der Waals surface area contributed by atoms with Crippen molar-refractivity contribution in [1.82, 2.24) is 4.98 Å². The van der Waals surface area contributed by atoms with Crippen LogP contribution in [0.3, 0.4) is 0 Å². The summed E-state index contributed by atoms with van der Waals surface area (Å²) in [5, 5.41) is 2.35. The molecule has 0 amide bonds. The highest BCUT2D eigenvalue weighted by Crippen LogP contribution is 2.18. The molecule has 2 rings (SSSR count). The maximum atomic E-state index is 5.19. The van der Waals surface area contributed by atoms with Gasteiger partial charge in [0.15, 0.2) is 6.29 Å². The maximum Gasteiger partial charge on any atom is 0.162 e. The molecular weight excluding hydrogens is 202 g/mol. The standard InChI is InChI=1S/C13H15NO2/c1-15-13(16-2)9-12-11-6-4-3-5-10(11)7-8-14-12/h3-8,13H,9H2,1-2H3. The predicted octanol–water partition coefficient (Wildman–Crippen LogP) is 2.40. The quantitative estimate of drug-likeness (QED) is 0.737. The Labute approximate surface area is 95.0 Å². The second kappa shape index (κ2) is 5.05. The highest BCUT2D eigenvalue weighted by atomic mass is 16.7. The lowest BCUT2D eigenvalue weighted by Crippen LogP contribution is -2.17. The highest BCUT2D eigenvalue weighted by molar-refractivity contribution is 5.84. The van der Waals surface area contributed by atoms with E-state index < -0.39 is 0 Å². The molecule has 0 aliphatic heterocycles. The molecule has 1 aromatic carbocycles. The summed E-state index contributed by atoms with van der Waals surface area (Å²) in [6.07, 6.45) is 2.24. The third-order valence-corrected chi connectivity index (χ3v) is 2.64. The molecule has 0 aliphatic carbocycles. The molecule has 0 fully saturated rings. The molecule has 0 radical (unpaired) electrons. The van der Waals surface area contributed by atoms with E-state index in [1.54, 1.807) is 14.2 Å². The van der Waals surface area contributed by atoms with E-state index in [0.29, 0.717) is 6.42 Å². The van der Waals surface area contributed by atoms with Gasteiger partial charge in [-0.05, 0) is 11.5 Å². The van der Waals surface area contributed by atoms with Gasteiger partial charge in [0.25, 0.3) is 0 Å². The molecule has 2 aromatic rings. The van der Waals surface area contributed by atoms with E-state index in [2.05, 4.69) is 17.1 Å². The second-order valence-electron chi connectivity index (χ2n) is 3.58. The molecule has 0 spiro atoms. The summed E-state index contributed by atoms with van der Waals surface area (Å²) in [6.45, 7) is 0. The van der Waals surface area contributed by atoms with Gasteiger partial charge in [-0.15, -0.1) is 0 Å².